The van der Waals surface area contributed by atoms with Crippen LogP contribution in [0.1, 0.15) is 43.0 Å². The Hall–Kier alpha value is -2.57. The number of urea groups is 1. The number of benzene rings is 1. The maximum Gasteiger partial charge on any atom is 0.318 e. The van der Waals surface area contributed by atoms with Crippen molar-refractivity contribution < 1.29 is 13.9 Å². The number of nitrogens with zero attached hydrogens (tertiary/aromatic N) is 3. The minimum absolute atomic E-state index is 0.0234. The molecule has 1 fully saturated rings. The fourth-order valence-corrected chi connectivity index (χ4v) is 3.36. The van der Waals surface area contributed by atoms with Gasteiger partial charge in [-0.05, 0) is 38.0 Å². The van der Waals surface area contributed by atoms with Crippen LogP contribution in [0, 0.1) is 5.82 Å². The molecule has 0 bridgehead atoms. The molecule has 1 aliphatic rings. The lowest BCUT2D eigenvalue weighted by Crippen LogP contribution is -2.40. The molecule has 0 radical (unpaired) electrons. The summed E-state index contributed by atoms with van der Waals surface area (Å²) in [5.41, 5.74) is 1.65. The van der Waals surface area contributed by atoms with Gasteiger partial charge >= 0.3 is 6.03 Å². The van der Waals surface area contributed by atoms with E-state index in [1.54, 1.807) is 16.9 Å². The van der Waals surface area contributed by atoms with Crippen LogP contribution in [0.4, 0.5) is 9.18 Å². The monoisotopic (exact) mass is 346 g/mol. The number of amides is 2. The molecule has 1 saturated heterocycles. The molecular formula is C18H23FN4O2. The summed E-state index contributed by atoms with van der Waals surface area (Å²) >= 11 is 0. The number of hydrogen-bond acceptors (Lipinski definition) is 3. The van der Waals surface area contributed by atoms with E-state index in [4.69, 9.17) is 4.74 Å². The number of carbonyl (C=O) groups excluding carboxylic acids is 1. The van der Waals surface area contributed by atoms with E-state index < -0.39 is 0 Å². The van der Waals surface area contributed by atoms with Gasteiger partial charge in [-0.3, -0.25) is 4.68 Å². The van der Waals surface area contributed by atoms with Crippen molar-refractivity contribution in [2.24, 2.45) is 7.05 Å². The summed E-state index contributed by atoms with van der Waals surface area (Å²) in [5, 5.41) is 7.16. The fraction of sp³-hybridized carbons (Fsp3) is 0.444. The van der Waals surface area contributed by atoms with Crippen LogP contribution < -0.4 is 10.1 Å². The van der Waals surface area contributed by atoms with Crippen LogP contribution in [-0.4, -0.2) is 34.4 Å². The highest BCUT2D eigenvalue weighted by Crippen LogP contribution is 2.32. The highest BCUT2D eigenvalue weighted by molar-refractivity contribution is 5.75. The number of halogens is 1. The first kappa shape index (κ1) is 17.3. The van der Waals surface area contributed by atoms with Gasteiger partial charge in [0.2, 0.25) is 0 Å². The SMILES string of the molecule is COc1ccc(F)cc1C(C)NC(=O)N1CCCC1c1cnn(C)c1. The molecule has 0 spiro atoms. The lowest BCUT2D eigenvalue weighted by atomic mass is 10.1. The smallest absolute Gasteiger partial charge is 0.318 e. The number of methoxy groups -OCH3 is 1. The molecule has 2 heterocycles. The Labute approximate surface area is 146 Å². The van der Waals surface area contributed by atoms with Crippen LogP contribution in [0.15, 0.2) is 30.6 Å². The number of likely N-dealkylation sites (tertiary alicyclic amines) is 1. The molecular weight excluding hydrogens is 323 g/mol. The van der Waals surface area contributed by atoms with Crippen molar-refractivity contribution in [3.63, 3.8) is 0 Å². The lowest BCUT2D eigenvalue weighted by Gasteiger charge is -2.27. The Kier molecular flexibility index (Phi) is 4.92. The van der Waals surface area contributed by atoms with Gasteiger partial charge in [0.25, 0.3) is 0 Å². The zero-order chi connectivity index (χ0) is 18.0. The van der Waals surface area contributed by atoms with Gasteiger partial charge in [-0.25, -0.2) is 9.18 Å². The number of carbonyl (C=O) groups is 1. The second-order valence-corrected chi connectivity index (χ2v) is 6.36. The van der Waals surface area contributed by atoms with Crippen LogP contribution in [0.2, 0.25) is 0 Å². The molecule has 1 aromatic heterocycles. The van der Waals surface area contributed by atoms with Gasteiger partial charge in [0.1, 0.15) is 11.6 Å². The number of hydrogen-bond donors (Lipinski definition) is 1. The van der Waals surface area contributed by atoms with Crippen LogP contribution in [0.5, 0.6) is 5.75 Å². The van der Waals surface area contributed by atoms with E-state index >= 15 is 0 Å². The van der Waals surface area contributed by atoms with E-state index in [1.807, 2.05) is 25.1 Å². The summed E-state index contributed by atoms with van der Waals surface area (Å²) in [6.07, 6.45) is 5.60. The maximum atomic E-state index is 13.6. The topological polar surface area (TPSA) is 59.4 Å². The Balaban J connectivity index is 1.74. The van der Waals surface area contributed by atoms with Crippen molar-refractivity contribution >= 4 is 6.03 Å². The summed E-state index contributed by atoms with van der Waals surface area (Å²) in [5.74, 6) is 0.200. The van der Waals surface area contributed by atoms with E-state index in [0.29, 0.717) is 17.9 Å². The van der Waals surface area contributed by atoms with Gasteiger partial charge in [-0.1, -0.05) is 0 Å². The van der Waals surface area contributed by atoms with Gasteiger partial charge in [0, 0.05) is 30.9 Å². The van der Waals surface area contributed by atoms with Crippen LogP contribution >= 0.6 is 0 Å². The molecule has 6 nitrogen and oxygen atoms in total. The van der Waals surface area contributed by atoms with Crippen LogP contribution in [0.25, 0.3) is 0 Å². The molecule has 1 aliphatic heterocycles. The Morgan fingerprint density at radius 2 is 2.28 bits per heavy atom. The molecule has 25 heavy (non-hydrogen) atoms. The van der Waals surface area contributed by atoms with Crippen LogP contribution in [0.3, 0.4) is 0 Å². The highest BCUT2D eigenvalue weighted by Gasteiger charge is 2.31. The van der Waals surface area contributed by atoms with Gasteiger partial charge in [-0.2, -0.15) is 5.10 Å². The minimum atomic E-state index is -0.367. The molecule has 1 aromatic carbocycles. The number of ether oxygens (including phenoxy) is 1. The first-order valence-corrected chi connectivity index (χ1v) is 8.38. The molecule has 0 aliphatic carbocycles. The normalized spacial score (nSPS) is 18.2. The molecule has 2 unspecified atom stereocenters. The van der Waals surface area contributed by atoms with Crippen molar-refractivity contribution in [1.29, 1.82) is 0 Å². The number of aryl methyl sites for hydroxylation is 1. The van der Waals surface area contributed by atoms with Gasteiger partial charge in [0.05, 0.1) is 25.4 Å². The van der Waals surface area contributed by atoms with Crippen molar-refractivity contribution in [1.82, 2.24) is 20.0 Å². The molecule has 2 amide bonds. The summed E-state index contributed by atoms with van der Waals surface area (Å²) in [6, 6.07) is 3.80. The molecule has 2 aromatic rings. The largest absolute Gasteiger partial charge is 0.496 e. The zero-order valence-electron chi connectivity index (χ0n) is 14.7. The summed E-state index contributed by atoms with van der Waals surface area (Å²) in [6.45, 7) is 2.52. The van der Waals surface area contributed by atoms with Crippen molar-refractivity contribution in [2.75, 3.05) is 13.7 Å². The van der Waals surface area contributed by atoms with Crippen molar-refractivity contribution in [3.05, 3.63) is 47.5 Å². The first-order chi connectivity index (χ1) is 12.0. The van der Waals surface area contributed by atoms with Gasteiger partial charge < -0.3 is 15.0 Å². The third-order valence-electron chi connectivity index (χ3n) is 4.62. The average molecular weight is 346 g/mol. The molecule has 134 valence electrons. The third kappa shape index (κ3) is 3.60. The van der Waals surface area contributed by atoms with E-state index in [0.717, 1.165) is 18.4 Å². The third-order valence-corrected chi connectivity index (χ3v) is 4.62. The number of aromatic nitrogens is 2. The molecule has 1 N–H and O–H groups in total. The van der Waals surface area contributed by atoms with Gasteiger partial charge in [-0.15, -0.1) is 0 Å². The molecule has 7 heteroatoms. The maximum absolute atomic E-state index is 13.6. The Bertz CT molecular complexity index is 761. The van der Waals surface area contributed by atoms with Gasteiger partial charge in [0.15, 0.2) is 0 Å². The Morgan fingerprint density at radius 1 is 1.48 bits per heavy atom. The summed E-state index contributed by atoms with van der Waals surface area (Å²) in [7, 11) is 3.39. The van der Waals surface area contributed by atoms with Crippen LogP contribution in [-0.2, 0) is 7.05 Å². The number of rotatable bonds is 4. The summed E-state index contributed by atoms with van der Waals surface area (Å²) in [4.78, 5) is 14.6. The van der Waals surface area contributed by atoms with E-state index in [2.05, 4.69) is 10.4 Å². The average Bonchev–Trinajstić information content (AvgIpc) is 3.23. The van der Waals surface area contributed by atoms with E-state index in [1.165, 1.54) is 19.2 Å². The fourth-order valence-electron chi connectivity index (χ4n) is 3.36. The highest BCUT2D eigenvalue weighted by atomic mass is 19.1. The molecule has 2 atom stereocenters. The molecule has 3 rings (SSSR count). The standard InChI is InChI=1S/C18H23FN4O2/c1-12(15-9-14(19)6-7-17(15)25-3)21-18(24)23-8-4-5-16(23)13-10-20-22(2)11-13/h6-7,9-12,16H,4-5,8H2,1-3H3,(H,21,24). The van der Waals surface area contributed by atoms with Crippen molar-refractivity contribution in [3.8, 4) is 5.75 Å². The first-order valence-electron chi connectivity index (χ1n) is 8.38. The Morgan fingerprint density at radius 3 is 2.96 bits per heavy atom. The van der Waals surface area contributed by atoms with Crippen molar-refractivity contribution in [2.45, 2.75) is 31.8 Å². The zero-order valence-corrected chi connectivity index (χ0v) is 14.7. The second-order valence-electron chi connectivity index (χ2n) is 6.36. The predicted molar refractivity (Wildman–Crippen MR) is 91.8 cm³/mol. The minimum Gasteiger partial charge on any atom is -0.496 e. The number of nitrogens with one attached hydrogen (secondary N) is 1. The predicted octanol–water partition coefficient (Wildman–Crippen LogP) is 3.18. The van der Waals surface area contributed by atoms with E-state index in [9.17, 15) is 9.18 Å². The quantitative estimate of drug-likeness (QED) is 0.925. The lowest BCUT2D eigenvalue weighted by molar-refractivity contribution is 0.189. The summed E-state index contributed by atoms with van der Waals surface area (Å²) < 4.78 is 20.6. The molecule has 0 saturated carbocycles. The van der Waals surface area contributed by atoms with E-state index in [-0.39, 0.29) is 23.9 Å². The second kappa shape index (κ2) is 7.13.